The lowest BCUT2D eigenvalue weighted by Crippen LogP contribution is -1.96. The van der Waals surface area contributed by atoms with Crippen LogP contribution in [-0.2, 0) is 9.84 Å². The van der Waals surface area contributed by atoms with Crippen LogP contribution in [0, 0.1) is 0 Å². The van der Waals surface area contributed by atoms with E-state index in [9.17, 15) is 8.42 Å². The van der Waals surface area contributed by atoms with E-state index < -0.39 is 9.84 Å². The zero-order valence-electron chi connectivity index (χ0n) is 31.3. The van der Waals surface area contributed by atoms with Crippen LogP contribution in [0.25, 0.3) is 111 Å². The molecule has 59 heavy (non-hydrogen) atoms. The summed E-state index contributed by atoms with van der Waals surface area (Å²) in [6, 6.07) is 60.2. The largest absolute Gasteiger partial charge is 0.456 e. The summed E-state index contributed by atoms with van der Waals surface area (Å²) in [4.78, 5) is 11.1. The number of aromatic nitrogens is 2. The summed E-state index contributed by atoms with van der Waals surface area (Å²) in [7, 11) is -3.56. The van der Waals surface area contributed by atoms with E-state index in [2.05, 4.69) is 72.8 Å². The van der Waals surface area contributed by atoms with Crippen LogP contribution in [0.5, 0.6) is 0 Å². The Morgan fingerprint density at radius 2 is 0.864 bits per heavy atom. The molecule has 0 saturated carbocycles. The monoisotopic (exact) mass is 778 g/mol. The molecule has 0 saturated heterocycles. The summed E-state index contributed by atoms with van der Waals surface area (Å²) in [5.41, 5.74) is 13.8. The van der Waals surface area contributed by atoms with Crippen molar-refractivity contribution in [2.45, 2.75) is 9.79 Å². The SMILES string of the molecule is O=S1(=O)c2ccccc2-c2cc(-c3ccc4oc5ccc(-c6nc(-c7ccc(-c8ccccc8)cc7)nc7c6oc6ccc(-c8ccccc8)cc67)cc5c4c3)ccc21. The predicted molar refractivity (Wildman–Crippen MR) is 235 cm³/mol. The maximum atomic E-state index is 13.3. The second kappa shape index (κ2) is 12.7. The third kappa shape index (κ3) is 5.29. The molecule has 8 aromatic carbocycles. The van der Waals surface area contributed by atoms with Crippen molar-refractivity contribution in [1.82, 2.24) is 9.97 Å². The molecular weight excluding hydrogens is 749 g/mol. The number of furan rings is 2. The Hall–Kier alpha value is -7.61. The van der Waals surface area contributed by atoms with Gasteiger partial charge in [-0.2, -0.15) is 0 Å². The van der Waals surface area contributed by atoms with E-state index in [1.807, 2.05) is 91.0 Å². The second-order valence-electron chi connectivity index (χ2n) is 14.9. The van der Waals surface area contributed by atoms with Crippen molar-refractivity contribution in [2.75, 3.05) is 0 Å². The zero-order valence-corrected chi connectivity index (χ0v) is 32.1. The summed E-state index contributed by atoms with van der Waals surface area (Å²) in [6.07, 6.45) is 0. The Bertz CT molecular complexity index is 3610. The average Bonchev–Trinajstić information content (AvgIpc) is 3.93. The van der Waals surface area contributed by atoms with Crippen LogP contribution < -0.4 is 0 Å². The fourth-order valence-electron chi connectivity index (χ4n) is 8.52. The smallest absolute Gasteiger partial charge is 0.207 e. The molecular formula is C52H30N2O4S. The van der Waals surface area contributed by atoms with Crippen molar-refractivity contribution in [3.63, 3.8) is 0 Å². The fraction of sp³-hybridized carbons (Fsp3) is 0. The normalized spacial score (nSPS) is 13.0. The molecule has 6 nitrogen and oxygen atoms in total. The van der Waals surface area contributed by atoms with Crippen molar-refractivity contribution in [1.29, 1.82) is 0 Å². The first-order valence-corrected chi connectivity index (χ1v) is 20.9. The number of sulfone groups is 1. The Labute approximate surface area is 338 Å². The van der Waals surface area contributed by atoms with E-state index >= 15 is 0 Å². The molecule has 0 N–H and O–H groups in total. The van der Waals surface area contributed by atoms with E-state index in [1.165, 1.54) is 0 Å². The highest BCUT2D eigenvalue weighted by atomic mass is 32.2. The number of rotatable bonds is 5. The molecule has 4 heterocycles. The molecule has 1 aliphatic heterocycles. The third-order valence-electron chi connectivity index (χ3n) is 11.5. The van der Waals surface area contributed by atoms with E-state index in [0.29, 0.717) is 26.9 Å². The average molecular weight is 779 g/mol. The van der Waals surface area contributed by atoms with Gasteiger partial charge < -0.3 is 8.83 Å². The zero-order chi connectivity index (χ0) is 39.2. The number of hydrogen-bond acceptors (Lipinski definition) is 6. The molecule has 0 amide bonds. The molecule has 0 atom stereocenters. The molecule has 12 rings (SSSR count). The number of fused-ring (bicyclic) bond motifs is 9. The quantitative estimate of drug-likeness (QED) is 0.173. The van der Waals surface area contributed by atoms with Crippen LogP contribution in [0.15, 0.2) is 201 Å². The summed E-state index contributed by atoms with van der Waals surface area (Å²) in [5.74, 6) is 0.597. The molecule has 7 heteroatoms. The van der Waals surface area contributed by atoms with Gasteiger partial charge in [-0.25, -0.2) is 18.4 Å². The topological polar surface area (TPSA) is 86.2 Å². The van der Waals surface area contributed by atoms with Gasteiger partial charge in [0.05, 0.1) is 9.79 Å². The number of nitrogens with zero attached hydrogens (tertiary/aromatic N) is 2. The van der Waals surface area contributed by atoms with Crippen molar-refractivity contribution in [3.05, 3.63) is 182 Å². The van der Waals surface area contributed by atoms with Crippen molar-refractivity contribution in [2.24, 2.45) is 0 Å². The molecule has 278 valence electrons. The predicted octanol–water partition coefficient (Wildman–Crippen LogP) is 13.4. The van der Waals surface area contributed by atoms with Crippen LogP contribution in [0.1, 0.15) is 0 Å². The van der Waals surface area contributed by atoms with Gasteiger partial charge in [-0.05, 0) is 94.0 Å². The number of hydrogen-bond donors (Lipinski definition) is 0. The minimum Gasteiger partial charge on any atom is -0.456 e. The first-order valence-electron chi connectivity index (χ1n) is 19.4. The van der Waals surface area contributed by atoms with E-state index in [4.69, 9.17) is 18.8 Å². The van der Waals surface area contributed by atoms with E-state index in [0.717, 1.165) is 94.1 Å². The summed E-state index contributed by atoms with van der Waals surface area (Å²) in [6.45, 7) is 0. The molecule has 0 spiro atoms. The van der Waals surface area contributed by atoms with Gasteiger partial charge in [-0.3, -0.25) is 0 Å². The maximum Gasteiger partial charge on any atom is 0.207 e. The van der Waals surface area contributed by atoms with Gasteiger partial charge in [0.25, 0.3) is 0 Å². The molecule has 3 aromatic heterocycles. The lowest BCUT2D eigenvalue weighted by Gasteiger charge is -2.08. The molecule has 0 aliphatic carbocycles. The first-order chi connectivity index (χ1) is 29.0. The standard InChI is InChI=1S/C52H30N2O4S/c55-59(56)47-14-8-7-13-39(47)42-28-37(22-26-48(42)59)36-20-23-44-40(27-36)41-30-38(21-25-45(41)57-44)49-51-50(43-29-35(19-24-46(43)58-51)32-11-5-2-6-12-32)54-52(53-49)34-17-15-33(16-18-34)31-9-3-1-4-10-31/h1-30H. The van der Waals surface area contributed by atoms with Crippen LogP contribution in [-0.4, -0.2) is 18.4 Å². The minimum atomic E-state index is -3.56. The van der Waals surface area contributed by atoms with Crippen molar-refractivity contribution < 1.29 is 17.3 Å². The van der Waals surface area contributed by atoms with Gasteiger partial charge >= 0.3 is 0 Å². The van der Waals surface area contributed by atoms with E-state index in [1.54, 1.807) is 18.2 Å². The summed E-state index contributed by atoms with van der Waals surface area (Å²) >= 11 is 0. The lowest BCUT2D eigenvalue weighted by molar-refractivity contribution is 0.598. The van der Waals surface area contributed by atoms with Gasteiger partial charge in [0.2, 0.25) is 9.84 Å². The number of benzene rings is 8. The fourth-order valence-corrected chi connectivity index (χ4v) is 10.2. The maximum absolute atomic E-state index is 13.3. The van der Waals surface area contributed by atoms with Crippen molar-refractivity contribution in [3.8, 4) is 67.2 Å². The Morgan fingerprint density at radius 3 is 1.59 bits per heavy atom. The molecule has 11 aromatic rings. The van der Waals surface area contributed by atoms with Gasteiger partial charge in [0.1, 0.15) is 28.0 Å². The lowest BCUT2D eigenvalue weighted by atomic mass is 9.97. The highest BCUT2D eigenvalue weighted by Gasteiger charge is 2.32. The Morgan fingerprint density at radius 1 is 0.373 bits per heavy atom. The van der Waals surface area contributed by atoms with Gasteiger partial charge in [0, 0.05) is 38.4 Å². The molecule has 0 unspecified atom stereocenters. The first kappa shape index (κ1) is 33.5. The summed E-state index contributed by atoms with van der Waals surface area (Å²) in [5, 5.41) is 2.78. The second-order valence-corrected chi connectivity index (χ2v) is 16.8. The minimum absolute atomic E-state index is 0.339. The Kier molecular flexibility index (Phi) is 7.21. The van der Waals surface area contributed by atoms with Gasteiger partial charge in [-0.15, -0.1) is 0 Å². The van der Waals surface area contributed by atoms with Gasteiger partial charge in [0.15, 0.2) is 11.4 Å². The van der Waals surface area contributed by atoms with Crippen LogP contribution >= 0.6 is 0 Å². The van der Waals surface area contributed by atoms with Crippen molar-refractivity contribution >= 4 is 53.8 Å². The third-order valence-corrected chi connectivity index (χ3v) is 13.4. The highest BCUT2D eigenvalue weighted by molar-refractivity contribution is 7.92. The molecule has 0 radical (unpaired) electrons. The van der Waals surface area contributed by atoms with Crippen LogP contribution in [0.3, 0.4) is 0 Å². The molecule has 0 fully saturated rings. The van der Waals surface area contributed by atoms with Crippen LogP contribution in [0.2, 0.25) is 0 Å². The Balaban J connectivity index is 1.02. The van der Waals surface area contributed by atoms with Crippen LogP contribution in [0.4, 0.5) is 0 Å². The summed E-state index contributed by atoms with van der Waals surface area (Å²) < 4.78 is 39.6. The highest BCUT2D eigenvalue weighted by Crippen LogP contribution is 2.45. The van der Waals surface area contributed by atoms with Gasteiger partial charge in [-0.1, -0.05) is 121 Å². The molecule has 1 aliphatic rings. The molecule has 0 bridgehead atoms. The van der Waals surface area contributed by atoms with E-state index in [-0.39, 0.29) is 0 Å².